The van der Waals surface area contributed by atoms with Gasteiger partial charge in [-0.1, -0.05) is 45.0 Å². The van der Waals surface area contributed by atoms with E-state index >= 15 is 0 Å². The van der Waals surface area contributed by atoms with Crippen LogP contribution in [0.3, 0.4) is 0 Å². The molecule has 2 aromatic rings. The van der Waals surface area contributed by atoms with Gasteiger partial charge in [-0.05, 0) is 40.8 Å². The van der Waals surface area contributed by atoms with E-state index in [1.165, 1.54) is 12.1 Å². The van der Waals surface area contributed by atoms with E-state index in [2.05, 4.69) is 26.1 Å². The van der Waals surface area contributed by atoms with Crippen LogP contribution in [0.15, 0.2) is 48.5 Å². The lowest BCUT2D eigenvalue weighted by molar-refractivity contribution is -0.113. The molecule has 0 aliphatic carbocycles. The maximum absolute atomic E-state index is 12.2. The van der Waals surface area contributed by atoms with Crippen molar-refractivity contribution in [2.24, 2.45) is 0 Å². The van der Waals surface area contributed by atoms with Crippen LogP contribution in [-0.4, -0.2) is 26.9 Å². The predicted octanol–water partition coefficient (Wildman–Crippen LogP) is 3.57. The number of benzene rings is 2. The van der Waals surface area contributed by atoms with Gasteiger partial charge in [0, 0.05) is 22.2 Å². The lowest BCUT2D eigenvalue weighted by atomic mass is 9.87. The summed E-state index contributed by atoms with van der Waals surface area (Å²) in [7, 11) is -1.42. The summed E-state index contributed by atoms with van der Waals surface area (Å²) in [6.45, 7) is 6.34. The number of carboxylic acid groups (broad SMARTS) is 1. The van der Waals surface area contributed by atoms with E-state index in [1.807, 2.05) is 24.3 Å². The fourth-order valence-corrected chi connectivity index (χ4v) is 3.45. The van der Waals surface area contributed by atoms with Crippen LogP contribution < -0.4 is 5.32 Å². The van der Waals surface area contributed by atoms with Gasteiger partial charge >= 0.3 is 5.97 Å². The van der Waals surface area contributed by atoms with Gasteiger partial charge in [0.25, 0.3) is 0 Å². The minimum Gasteiger partial charge on any atom is -0.478 e. The Labute approximate surface area is 155 Å². The molecule has 0 heterocycles. The van der Waals surface area contributed by atoms with Crippen LogP contribution in [0.4, 0.5) is 5.69 Å². The fraction of sp³-hybridized carbons (Fsp3) is 0.300. The maximum Gasteiger partial charge on any atom is 0.335 e. The lowest BCUT2D eigenvalue weighted by Crippen LogP contribution is -2.20. The van der Waals surface area contributed by atoms with Crippen molar-refractivity contribution in [2.75, 3.05) is 11.1 Å². The van der Waals surface area contributed by atoms with Crippen molar-refractivity contribution in [3.63, 3.8) is 0 Å². The van der Waals surface area contributed by atoms with E-state index in [9.17, 15) is 13.8 Å². The molecular formula is C20H23NO4S. The third kappa shape index (κ3) is 5.81. The number of carbonyl (C=O) groups is 2. The summed E-state index contributed by atoms with van der Waals surface area (Å²) >= 11 is 0. The molecule has 0 saturated carbocycles. The highest BCUT2D eigenvalue weighted by Crippen LogP contribution is 2.23. The van der Waals surface area contributed by atoms with Gasteiger partial charge in [0.15, 0.2) is 0 Å². The Morgan fingerprint density at radius 1 is 1.08 bits per heavy atom. The summed E-state index contributed by atoms with van der Waals surface area (Å²) in [5.41, 5.74) is 2.63. The molecule has 0 spiro atoms. The second-order valence-electron chi connectivity index (χ2n) is 7.11. The molecular weight excluding hydrogens is 350 g/mol. The fourth-order valence-electron chi connectivity index (χ4n) is 2.43. The van der Waals surface area contributed by atoms with Gasteiger partial charge in [-0.2, -0.15) is 0 Å². The summed E-state index contributed by atoms with van der Waals surface area (Å²) < 4.78 is 12.2. The molecule has 2 rings (SSSR count). The normalized spacial score (nSPS) is 12.4. The molecule has 1 unspecified atom stereocenters. The molecule has 2 N–H and O–H groups in total. The molecule has 0 fully saturated rings. The van der Waals surface area contributed by atoms with E-state index in [4.69, 9.17) is 5.11 Å². The van der Waals surface area contributed by atoms with Gasteiger partial charge in [-0.25, -0.2) is 4.79 Å². The highest BCUT2D eigenvalue weighted by Gasteiger charge is 2.14. The van der Waals surface area contributed by atoms with Crippen LogP contribution in [0, 0.1) is 0 Å². The summed E-state index contributed by atoms with van der Waals surface area (Å²) in [5, 5.41) is 11.7. The number of hydrogen-bond acceptors (Lipinski definition) is 3. The second kappa shape index (κ2) is 8.27. The van der Waals surface area contributed by atoms with E-state index in [1.54, 1.807) is 12.1 Å². The molecule has 0 aliphatic rings. The zero-order chi connectivity index (χ0) is 19.3. The molecule has 1 amide bonds. The van der Waals surface area contributed by atoms with Gasteiger partial charge in [0.05, 0.1) is 5.56 Å². The number of aromatic carboxylic acids is 1. The molecule has 1 atom stereocenters. The number of anilines is 1. The van der Waals surface area contributed by atoms with Crippen molar-refractivity contribution in [1.29, 1.82) is 0 Å². The van der Waals surface area contributed by atoms with Crippen molar-refractivity contribution in [1.82, 2.24) is 0 Å². The molecule has 0 radical (unpaired) electrons. The number of carbonyl (C=O) groups excluding carboxylic acids is 1. The topological polar surface area (TPSA) is 83.5 Å². The van der Waals surface area contributed by atoms with Crippen molar-refractivity contribution in [3.05, 3.63) is 65.2 Å². The standard InChI is InChI=1S/C20H23NO4S/c1-20(2,3)16-7-9-17(10-8-16)21-18(22)13-26(25)12-14-5-4-6-15(11-14)19(23)24/h4-11H,12-13H2,1-3H3,(H,21,22)(H,23,24). The Morgan fingerprint density at radius 2 is 1.73 bits per heavy atom. The number of nitrogens with one attached hydrogen (secondary N) is 1. The van der Waals surface area contributed by atoms with Crippen LogP contribution in [-0.2, 0) is 26.8 Å². The summed E-state index contributed by atoms with van der Waals surface area (Å²) in [4.78, 5) is 23.0. The molecule has 2 aromatic carbocycles. The van der Waals surface area contributed by atoms with E-state index < -0.39 is 16.8 Å². The first-order chi connectivity index (χ1) is 12.1. The van der Waals surface area contributed by atoms with Crippen molar-refractivity contribution >= 4 is 28.4 Å². The number of carboxylic acids is 1. The highest BCUT2D eigenvalue weighted by atomic mass is 32.2. The van der Waals surface area contributed by atoms with Crippen LogP contribution >= 0.6 is 0 Å². The second-order valence-corrected chi connectivity index (χ2v) is 8.57. The summed E-state index contributed by atoms with van der Waals surface area (Å²) in [6, 6.07) is 13.8. The molecule has 0 aliphatic heterocycles. The highest BCUT2D eigenvalue weighted by molar-refractivity contribution is 7.84. The van der Waals surface area contributed by atoms with Crippen molar-refractivity contribution in [2.45, 2.75) is 31.9 Å². The van der Waals surface area contributed by atoms with Crippen LogP contribution in [0.2, 0.25) is 0 Å². The Morgan fingerprint density at radius 3 is 2.31 bits per heavy atom. The number of hydrogen-bond donors (Lipinski definition) is 2. The van der Waals surface area contributed by atoms with Gasteiger partial charge < -0.3 is 10.4 Å². The smallest absolute Gasteiger partial charge is 0.335 e. The Bertz CT molecular complexity index is 822. The Hall–Kier alpha value is -2.47. The summed E-state index contributed by atoms with van der Waals surface area (Å²) in [5.74, 6) is -1.37. The van der Waals surface area contributed by atoms with E-state index in [0.717, 1.165) is 5.56 Å². The summed E-state index contributed by atoms with van der Waals surface area (Å²) in [6.07, 6.45) is 0. The maximum atomic E-state index is 12.2. The molecule has 138 valence electrons. The van der Waals surface area contributed by atoms with Crippen LogP contribution in [0.5, 0.6) is 0 Å². The lowest BCUT2D eigenvalue weighted by Gasteiger charge is -2.19. The molecule has 26 heavy (non-hydrogen) atoms. The van der Waals surface area contributed by atoms with Gasteiger partial charge in [-0.15, -0.1) is 0 Å². The Kier molecular flexibility index (Phi) is 6.32. The monoisotopic (exact) mass is 373 g/mol. The number of amides is 1. The first-order valence-corrected chi connectivity index (χ1v) is 9.71. The molecule has 6 heteroatoms. The van der Waals surface area contributed by atoms with Crippen LogP contribution in [0.25, 0.3) is 0 Å². The minimum atomic E-state index is -1.42. The molecule has 0 bridgehead atoms. The van der Waals surface area contributed by atoms with E-state index in [0.29, 0.717) is 11.3 Å². The van der Waals surface area contributed by atoms with Crippen LogP contribution in [0.1, 0.15) is 42.3 Å². The molecule has 5 nitrogen and oxygen atoms in total. The predicted molar refractivity (Wildman–Crippen MR) is 104 cm³/mol. The largest absolute Gasteiger partial charge is 0.478 e. The van der Waals surface area contributed by atoms with Crippen molar-refractivity contribution in [3.8, 4) is 0 Å². The Balaban J connectivity index is 1.92. The average molecular weight is 373 g/mol. The third-order valence-corrected chi connectivity index (χ3v) is 5.07. The first kappa shape index (κ1) is 19.8. The first-order valence-electron chi connectivity index (χ1n) is 8.23. The van der Waals surface area contributed by atoms with Gasteiger partial charge in [0.2, 0.25) is 5.91 Å². The zero-order valence-electron chi connectivity index (χ0n) is 15.1. The van der Waals surface area contributed by atoms with Crippen molar-refractivity contribution < 1.29 is 18.9 Å². The van der Waals surface area contributed by atoms with E-state index in [-0.39, 0.29) is 28.4 Å². The zero-order valence-corrected chi connectivity index (χ0v) is 15.9. The van der Waals surface area contributed by atoms with Gasteiger partial charge in [-0.3, -0.25) is 9.00 Å². The third-order valence-electron chi connectivity index (χ3n) is 3.83. The molecule has 0 aromatic heterocycles. The minimum absolute atomic E-state index is 0.0362. The average Bonchev–Trinajstić information content (AvgIpc) is 2.54. The van der Waals surface area contributed by atoms with Gasteiger partial charge in [0.1, 0.15) is 5.75 Å². The quantitative estimate of drug-likeness (QED) is 0.811. The number of rotatable bonds is 6. The molecule has 0 saturated heterocycles. The SMILES string of the molecule is CC(C)(C)c1ccc(NC(=O)CS(=O)Cc2cccc(C(=O)O)c2)cc1.